The molecule has 5 nitrogen and oxygen atoms in total. The minimum atomic E-state index is 0.0122. The van der Waals surface area contributed by atoms with Gasteiger partial charge >= 0.3 is 0 Å². The van der Waals surface area contributed by atoms with Gasteiger partial charge in [0.15, 0.2) is 0 Å². The normalized spacial score (nSPS) is 16.9. The zero-order valence-corrected chi connectivity index (χ0v) is 12.6. The third kappa shape index (κ3) is 3.22. The number of anilines is 2. The molecule has 0 aliphatic carbocycles. The van der Waals surface area contributed by atoms with E-state index in [-0.39, 0.29) is 5.91 Å². The Bertz CT molecular complexity index is 487. The Kier molecular flexibility index (Phi) is 4.49. The summed E-state index contributed by atoms with van der Waals surface area (Å²) >= 11 is 0. The van der Waals surface area contributed by atoms with E-state index < -0.39 is 0 Å². The molecule has 0 radical (unpaired) electrons. The predicted octanol–water partition coefficient (Wildman–Crippen LogP) is 1.11. The molecule has 0 saturated carbocycles. The van der Waals surface area contributed by atoms with Crippen molar-refractivity contribution in [3.05, 3.63) is 23.8 Å². The molecule has 5 heteroatoms. The Balaban J connectivity index is 2.26. The van der Waals surface area contributed by atoms with Crippen LogP contribution in [0.2, 0.25) is 0 Å². The Labute approximate surface area is 120 Å². The molecule has 2 N–H and O–H groups in total. The summed E-state index contributed by atoms with van der Waals surface area (Å²) < 4.78 is 0. The molecule has 1 aromatic carbocycles. The fraction of sp³-hybridized carbons (Fsp3) is 0.533. The number of nitrogens with zero attached hydrogens (tertiary/aromatic N) is 3. The van der Waals surface area contributed by atoms with Crippen LogP contribution < -0.4 is 10.6 Å². The minimum Gasteiger partial charge on any atom is -0.397 e. The van der Waals surface area contributed by atoms with E-state index in [0.29, 0.717) is 5.56 Å². The maximum Gasteiger partial charge on any atom is 0.253 e. The number of benzene rings is 1. The molecule has 0 bridgehead atoms. The molecule has 0 spiro atoms. The quantitative estimate of drug-likeness (QED) is 0.822. The summed E-state index contributed by atoms with van der Waals surface area (Å²) in [5.74, 6) is 0.0122. The molecule has 1 aliphatic heterocycles. The number of carbonyl (C=O) groups is 1. The van der Waals surface area contributed by atoms with E-state index in [4.69, 9.17) is 5.73 Å². The van der Waals surface area contributed by atoms with Gasteiger partial charge in [-0.05, 0) is 38.2 Å². The lowest BCUT2D eigenvalue weighted by atomic mass is 10.1. The maximum absolute atomic E-state index is 12.1. The van der Waals surface area contributed by atoms with Crippen LogP contribution in [0.1, 0.15) is 16.8 Å². The lowest BCUT2D eigenvalue weighted by Gasteiger charge is -2.25. The van der Waals surface area contributed by atoms with Crippen LogP contribution in [0.5, 0.6) is 0 Å². The average molecular weight is 276 g/mol. The number of rotatable bonds is 2. The molecule has 0 aromatic heterocycles. The highest BCUT2D eigenvalue weighted by atomic mass is 16.2. The fourth-order valence-corrected chi connectivity index (χ4v) is 2.50. The van der Waals surface area contributed by atoms with Crippen molar-refractivity contribution in [1.29, 1.82) is 0 Å². The first-order valence-corrected chi connectivity index (χ1v) is 7.03. The number of nitrogens with two attached hydrogens (primary N) is 1. The first kappa shape index (κ1) is 14.7. The first-order chi connectivity index (χ1) is 9.49. The van der Waals surface area contributed by atoms with Crippen molar-refractivity contribution >= 4 is 17.3 Å². The van der Waals surface area contributed by atoms with Gasteiger partial charge in [-0.15, -0.1) is 0 Å². The Morgan fingerprint density at radius 1 is 1.20 bits per heavy atom. The summed E-state index contributed by atoms with van der Waals surface area (Å²) in [7, 11) is 5.66. The molecule has 1 aliphatic rings. The number of amides is 1. The minimum absolute atomic E-state index is 0.0122. The third-order valence-electron chi connectivity index (χ3n) is 3.74. The molecule has 1 saturated heterocycles. The number of nitrogen functional groups attached to an aromatic ring is 1. The van der Waals surface area contributed by atoms with Crippen molar-refractivity contribution in [2.45, 2.75) is 6.42 Å². The Morgan fingerprint density at radius 3 is 2.65 bits per heavy atom. The van der Waals surface area contributed by atoms with Gasteiger partial charge in [0, 0.05) is 39.3 Å². The van der Waals surface area contributed by atoms with Crippen LogP contribution in [0.25, 0.3) is 0 Å². The van der Waals surface area contributed by atoms with E-state index in [9.17, 15) is 4.79 Å². The topological polar surface area (TPSA) is 52.8 Å². The van der Waals surface area contributed by atoms with Crippen LogP contribution in [0, 0.1) is 0 Å². The van der Waals surface area contributed by atoms with Crippen LogP contribution in [-0.4, -0.2) is 63.0 Å². The summed E-state index contributed by atoms with van der Waals surface area (Å²) in [4.78, 5) is 18.3. The largest absolute Gasteiger partial charge is 0.397 e. The summed E-state index contributed by atoms with van der Waals surface area (Å²) in [5.41, 5.74) is 8.51. The highest BCUT2D eigenvalue weighted by molar-refractivity contribution is 5.96. The highest BCUT2D eigenvalue weighted by Gasteiger charge is 2.17. The van der Waals surface area contributed by atoms with Gasteiger partial charge in [-0.2, -0.15) is 0 Å². The molecule has 1 heterocycles. The van der Waals surface area contributed by atoms with Gasteiger partial charge in [0.2, 0.25) is 0 Å². The maximum atomic E-state index is 12.1. The molecular weight excluding hydrogens is 252 g/mol. The van der Waals surface area contributed by atoms with Crippen molar-refractivity contribution in [2.24, 2.45) is 0 Å². The van der Waals surface area contributed by atoms with Gasteiger partial charge in [0.1, 0.15) is 0 Å². The molecule has 20 heavy (non-hydrogen) atoms. The van der Waals surface area contributed by atoms with E-state index in [0.717, 1.165) is 44.0 Å². The second kappa shape index (κ2) is 6.13. The van der Waals surface area contributed by atoms with Crippen LogP contribution in [0.3, 0.4) is 0 Å². The summed E-state index contributed by atoms with van der Waals surface area (Å²) in [6.07, 6.45) is 1.11. The highest BCUT2D eigenvalue weighted by Crippen LogP contribution is 2.26. The standard InChI is InChI=1S/C15H24N4O/c1-17(2)15(20)12-5-6-13(16)14(11-12)19-8-4-7-18(3)9-10-19/h5-6,11H,4,7-10,16H2,1-3H3. The van der Waals surface area contributed by atoms with Crippen LogP contribution in [-0.2, 0) is 0 Å². The SMILES string of the molecule is CN1CCCN(c2cc(C(=O)N(C)C)ccc2N)CC1. The fourth-order valence-electron chi connectivity index (χ4n) is 2.50. The summed E-state index contributed by atoms with van der Waals surface area (Å²) in [5, 5.41) is 0. The molecule has 1 amide bonds. The van der Waals surface area contributed by atoms with Gasteiger partial charge in [-0.1, -0.05) is 0 Å². The molecule has 2 rings (SSSR count). The molecule has 1 fully saturated rings. The second-order valence-corrected chi connectivity index (χ2v) is 5.62. The average Bonchev–Trinajstić information content (AvgIpc) is 2.63. The van der Waals surface area contributed by atoms with Crippen molar-refractivity contribution in [3.8, 4) is 0 Å². The Morgan fingerprint density at radius 2 is 1.95 bits per heavy atom. The van der Waals surface area contributed by atoms with Gasteiger partial charge in [-0.3, -0.25) is 4.79 Å². The smallest absolute Gasteiger partial charge is 0.253 e. The molecule has 0 atom stereocenters. The number of likely N-dealkylation sites (N-methyl/N-ethyl adjacent to an activating group) is 1. The first-order valence-electron chi connectivity index (χ1n) is 7.03. The molecule has 0 unspecified atom stereocenters. The van der Waals surface area contributed by atoms with Crippen molar-refractivity contribution in [2.75, 3.05) is 58.0 Å². The monoisotopic (exact) mass is 276 g/mol. The van der Waals surface area contributed by atoms with Gasteiger partial charge in [0.25, 0.3) is 5.91 Å². The number of hydrogen-bond donors (Lipinski definition) is 1. The molecular formula is C15H24N4O. The van der Waals surface area contributed by atoms with E-state index in [2.05, 4.69) is 16.8 Å². The van der Waals surface area contributed by atoms with Gasteiger partial charge in [0.05, 0.1) is 11.4 Å². The van der Waals surface area contributed by atoms with E-state index in [1.165, 1.54) is 0 Å². The Hall–Kier alpha value is -1.75. The van der Waals surface area contributed by atoms with Crippen LogP contribution in [0.15, 0.2) is 18.2 Å². The van der Waals surface area contributed by atoms with Crippen molar-refractivity contribution in [1.82, 2.24) is 9.80 Å². The lowest BCUT2D eigenvalue weighted by molar-refractivity contribution is 0.0827. The molecule has 1 aromatic rings. The lowest BCUT2D eigenvalue weighted by Crippen LogP contribution is -2.30. The summed E-state index contributed by atoms with van der Waals surface area (Å²) in [6, 6.07) is 5.55. The van der Waals surface area contributed by atoms with Crippen LogP contribution in [0.4, 0.5) is 11.4 Å². The van der Waals surface area contributed by atoms with Crippen molar-refractivity contribution in [3.63, 3.8) is 0 Å². The van der Waals surface area contributed by atoms with E-state index in [1.807, 2.05) is 12.1 Å². The van der Waals surface area contributed by atoms with Gasteiger partial charge < -0.3 is 20.4 Å². The zero-order chi connectivity index (χ0) is 14.7. The third-order valence-corrected chi connectivity index (χ3v) is 3.74. The van der Waals surface area contributed by atoms with E-state index in [1.54, 1.807) is 25.1 Å². The number of carbonyl (C=O) groups excluding carboxylic acids is 1. The van der Waals surface area contributed by atoms with Crippen molar-refractivity contribution < 1.29 is 4.79 Å². The number of hydrogen-bond acceptors (Lipinski definition) is 4. The molecule has 110 valence electrons. The summed E-state index contributed by atoms with van der Waals surface area (Å²) in [6.45, 7) is 4.05. The van der Waals surface area contributed by atoms with Gasteiger partial charge in [-0.25, -0.2) is 0 Å². The van der Waals surface area contributed by atoms with E-state index >= 15 is 0 Å². The van der Waals surface area contributed by atoms with Crippen LogP contribution >= 0.6 is 0 Å². The zero-order valence-electron chi connectivity index (χ0n) is 12.6. The second-order valence-electron chi connectivity index (χ2n) is 5.62. The predicted molar refractivity (Wildman–Crippen MR) is 83.2 cm³/mol.